The maximum Gasteiger partial charge on any atom is 0.441 e. The van der Waals surface area contributed by atoms with Crippen LogP contribution in [0.15, 0.2) is 0 Å². The molecule has 1 aliphatic rings. The lowest BCUT2D eigenvalue weighted by atomic mass is 10.0. The molecule has 4 heteroatoms. The topological polar surface area (TPSA) is 38.8 Å². The third kappa shape index (κ3) is 14.9. The van der Waals surface area contributed by atoms with Crippen molar-refractivity contribution < 1.29 is 14.6 Å². The highest BCUT2D eigenvalue weighted by Crippen LogP contribution is 2.14. The van der Waals surface area contributed by atoms with Gasteiger partial charge in [-0.05, 0) is 19.3 Å². The zero-order valence-electron chi connectivity index (χ0n) is 18.0. The molecular formula is C23H45NO3. The molecule has 1 saturated heterocycles. The summed E-state index contributed by atoms with van der Waals surface area (Å²) in [6, 6.07) is 0. The molecule has 0 atom stereocenters. The lowest BCUT2D eigenvalue weighted by Gasteiger charge is -2.13. The average molecular weight is 384 g/mol. The van der Waals surface area contributed by atoms with Crippen LogP contribution in [-0.4, -0.2) is 30.7 Å². The predicted molar refractivity (Wildman–Crippen MR) is 113 cm³/mol. The molecule has 0 spiro atoms. The number of unbranched alkanes of at least 4 members (excludes halogenated alkanes) is 15. The van der Waals surface area contributed by atoms with Crippen LogP contribution in [0.3, 0.4) is 0 Å². The van der Waals surface area contributed by atoms with Gasteiger partial charge in [0, 0.05) is 13.1 Å². The summed E-state index contributed by atoms with van der Waals surface area (Å²) in [4.78, 5) is 23.2. The minimum absolute atomic E-state index is 0.316. The van der Waals surface area contributed by atoms with E-state index < -0.39 is 0 Å². The van der Waals surface area contributed by atoms with Gasteiger partial charge in [-0.3, -0.25) is 4.89 Å². The monoisotopic (exact) mass is 383 g/mol. The number of likely N-dealkylation sites (tertiary alicyclic amines) is 1. The van der Waals surface area contributed by atoms with E-state index in [1.807, 2.05) is 0 Å². The minimum Gasteiger partial charge on any atom is -0.306 e. The van der Waals surface area contributed by atoms with Crippen molar-refractivity contribution in [3.63, 3.8) is 0 Å². The highest BCUT2D eigenvalue weighted by Gasteiger charge is 2.19. The first kappa shape index (κ1) is 24.3. The molecule has 0 saturated carbocycles. The quantitative estimate of drug-likeness (QED) is 0.140. The Morgan fingerprint density at radius 1 is 0.667 bits per heavy atom. The van der Waals surface area contributed by atoms with Crippen LogP contribution in [0.25, 0.3) is 0 Å². The fraction of sp³-hybridized carbons (Fsp3) is 0.957. The Labute approximate surface area is 168 Å². The van der Waals surface area contributed by atoms with Crippen LogP contribution in [0.4, 0.5) is 4.79 Å². The lowest BCUT2D eigenvalue weighted by Crippen LogP contribution is -2.28. The van der Waals surface area contributed by atoms with Crippen LogP contribution in [0.5, 0.6) is 0 Å². The molecule has 0 aliphatic carbocycles. The number of hydrogen-bond donors (Lipinski definition) is 0. The molecular weight excluding hydrogens is 338 g/mol. The maximum atomic E-state index is 11.6. The van der Waals surface area contributed by atoms with Crippen LogP contribution in [0.1, 0.15) is 122 Å². The highest BCUT2D eigenvalue weighted by molar-refractivity contribution is 5.67. The van der Waals surface area contributed by atoms with Crippen molar-refractivity contribution in [2.75, 3.05) is 19.7 Å². The number of rotatable bonds is 18. The van der Waals surface area contributed by atoms with E-state index in [0.717, 1.165) is 32.4 Å². The average Bonchev–Trinajstić information content (AvgIpc) is 3.22. The molecule has 0 aromatic rings. The van der Waals surface area contributed by atoms with Gasteiger partial charge in [-0.25, -0.2) is 4.79 Å². The first-order valence-electron chi connectivity index (χ1n) is 11.9. The number of nitrogens with zero attached hydrogens (tertiary/aromatic N) is 1. The van der Waals surface area contributed by atoms with E-state index in [1.165, 1.54) is 96.3 Å². The molecule has 0 aromatic carbocycles. The Morgan fingerprint density at radius 2 is 1.07 bits per heavy atom. The second-order valence-corrected chi connectivity index (χ2v) is 8.17. The molecule has 0 radical (unpaired) electrons. The first-order valence-corrected chi connectivity index (χ1v) is 11.9. The van der Waals surface area contributed by atoms with Crippen LogP contribution in [0, 0.1) is 0 Å². The zero-order valence-corrected chi connectivity index (χ0v) is 18.0. The van der Waals surface area contributed by atoms with Crippen LogP contribution in [0.2, 0.25) is 0 Å². The Bertz CT molecular complexity index is 330. The number of carbonyl (C=O) groups is 1. The summed E-state index contributed by atoms with van der Waals surface area (Å²) in [5.74, 6) is 0. The molecule has 1 amide bonds. The fourth-order valence-corrected chi connectivity index (χ4v) is 3.75. The van der Waals surface area contributed by atoms with E-state index in [2.05, 4.69) is 6.92 Å². The fourth-order valence-electron chi connectivity index (χ4n) is 3.75. The largest absolute Gasteiger partial charge is 0.441 e. The molecule has 1 fully saturated rings. The van der Waals surface area contributed by atoms with Crippen molar-refractivity contribution in [3.05, 3.63) is 0 Å². The maximum absolute atomic E-state index is 11.6. The van der Waals surface area contributed by atoms with Crippen molar-refractivity contribution in [1.82, 2.24) is 4.90 Å². The van der Waals surface area contributed by atoms with E-state index in [9.17, 15) is 4.79 Å². The molecule has 0 aromatic heterocycles. The smallest absolute Gasteiger partial charge is 0.306 e. The summed E-state index contributed by atoms with van der Waals surface area (Å²) in [5, 5.41) is 0. The molecule has 0 unspecified atom stereocenters. The van der Waals surface area contributed by atoms with E-state index in [4.69, 9.17) is 9.78 Å². The molecule has 0 N–H and O–H groups in total. The third-order valence-corrected chi connectivity index (χ3v) is 5.58. The van der Waals surface area contributed by atoms with Crippen molar-refractivity contribution in [1.29, 1.82) is 0 Å². The summed E-state index contributed by atoms with van der Waals surface area (Å²) in [5.41, 5.74) is 0. The number of amides is 1. The standard InChI is InChI=1S/C23H45NO3/c1-2-3-4-5-6-7-8-9-10-11-12-13-14-15-16-19-22-26-27-23(25)24-20-17-18-21-24/h2-22H2,1H3. The summed E-state index contributed by atoms with van der Waals surface area (Å²) in [6.07, 6.45) is 23.6. The van der Waals surface area contributed by atoms with Crippen molar-refractivity contribution >= 4 is 6.09 Å². The normalized spacial score (nSPS) is 14.0. The SMILES string of the molecule is CCCCCCCCCCCCCCCCCCOOC(=O)N1CCCC1. The first-order chi connectivity index (χ1) is 13.3. The van der Waals surface area contributed by atoms with Gasteiger partial charge in [0.05, 0.1) is 6.61 Å². The predicted octanol–water partition coefficient (Wildman–Crippen LogP) is 7.41. The van der Waals surface area contributed by atoms with Gasteiger partial charge in [-0.2, -0.15) is 4.89 Å². The van der Waals surface area contributed by atoms with E-state index >= 15 is 0 Å². The summed E-state index contributed by atoms with van der Waals surface area (Å²) < 4.78 is 0. The van der Waals surface area contributed by atoms with Gasteiger partial charge in [0.1, 0.15) is 0 Å². The Kier molecular flexibility index (Phi) is 16.7. The molecule has 1 heterocycles. The van der Waals surface area contributed by atoms with Gasteiger partial charge in [-0.1, -0.05) is 103 Å². The molecule has 1 rings (SSSR count). The van der Waals surface area contributed by atoms with Gasteiger partial charge >= 0.3 is 6.09 Å². The van der Waals surface area contributed by atoms with Crippen molar-refractivity contribution in [2.45, 2.75) is 122 Å². The van der Waals surface area contributed by atoms with E-state index in [-0.39, 0.29) is 6.09 Å². The summed E-state index contributed by atoms with van der Waals surface area (Å²) in [6.45, 7) is 4.42. The van der Waals surface area contributed by atoms with Gasteiger partial charge < -0.3 is 4.90 Å². The molecule has 160 valence electrons. The van der Waals surface area contributed by atoms with Gasteiger partial charge in [0.2, 0.25) is 0 Å². The lowest BCUT2D eigenvalue weighted by molar-refractivity contribution is -0.245. The number of carbonyl (C=O) groups excluding carboxylic acids is 1. The Hall–Kier alpha value is -0.770. The third-order valence-electron chi connectivity index (χ3n) is 5.58. The Morgan fingerprint density at radius 3 is 1.52 bits per heavy atom. The second-order valence-electron chi connectivity index (χ2n) is 8.17. The van der Waals surface area contributed by atoms with E-state index in [1.54, 1.807) is 4.90 Å². The van der Waals surface area contributed by atoms with Gasteiger partial charge in [-0.15, -0.1) is 0 Å². The van der Waals surface area contributed by atoms with Crippen LogP contribution in [-0.2, 0) is 9.78 Å². The molecule has 0 bridgehead atoms. The highest BCUT2D eigenvalue weighted by atomic mass is 17.2. The minimum atomic E-state index is -0.316. The zero-order chi connectivity index (χ0) is 19.4. The van der Waals surface area contributed by atoms with Crippen LogP contribution < -0.4 is 0 Å². The van der Waals surface area contributed by atoms with Gasteiger partial charge in [0.25, 0.3) is 0 Å². The van der Waals surface area contributed by atoms with E-state index in [0.29, 0.717) is 6.61 Å². The Balaban J connectivity index is 1.68. The molecule has 1 aliphatic heterocycles. The van der Waals surface area contributed by atoms with Crippen molar-refractivity contribution in [2.24, 2.45) is 0 Å². The molecule has 4 nitrogen and oxygen atoms in total. The summed E-state index contributed by atoms with van der Waals surface area (Å²) >= 11 is 0. The summed E-state index contributed by atoms with van der Waals surface area (Å²) in [7, 11) is 0. The number of hydrogen-bond acceptors (Lipinski definition) is 3. The van der Waals surface area contributed by atoms with Crippen LogP contribution >= 0.6 is 0 Å². The van der Waals surface area contributed by atoms with Gasteiger partial charge in [0.15, 0.2) is 0 Å². The van der Waals surface area contributed by atoms with Crippen molar-refractivity contribution in [3.8, 4) is 0 Å². The second kappa shape index (κ2) is 18.6. The molecule has 27 heavy (non-hydrogen) atoms.